The Kier molecular flexibility index (Phi) is 8.52. The van der Waals surface area contributed by atoms with Gasteiger partial charge in [0, 0.05) is 18.0 Å². The number of hydrogen-bond acceptors (Lipinski definition) is 2. The molecular weight excluding hydrogens is 291 g/mol. The van der Waals surface area contributed by atoms with Gasteiger partial charge in [0.1, 0.15) is 5.82 Å². The van der Waals surface area contributed by atoms with E-state index in [4.69, 9.17) is 5.73 Å². The van der Waals surface area contributed by atoms with Gasteiger partial charge in [-0.15, -0.1) is 12.4 Å². The second-order valence-electron chi connectivity index (χ2n) is 5.84. The molecule has 0 aliphatic heterocycles. The molecule has 1 rings (SSSR count). The van der Waals surface area contributed by atoms with Gasteiger partial charge in [0.25, 0.3) is 0 Å². The lowest BCUT2D eigenvalue weighted by Gasteiger charge is -2.25. The van der Waals surface area contributed by atoms with Crippen molar-refractivity contribution in [1.82, 2.24) is 5.32 Å². The zero-order valence-electron chi connectivity index (χ0n) is 13.1. The summed E-state index contributed by atoms with van der Waals surface area (Å²) in [6.07, 6.45) is 0.690. The Morgan fingerprint density at radius 2 is 1.71 bits per heavy atom. The maximum absolute atomic E-state index is 12.9. The Hall–Kier alpha value is -1.13. The molecule has 0 bridgehead atoms. The summed E-state index contributed by atoms with van der Waals surface area (Å²) >= 11 is 0. The van der Waals surface area contributed by atoms with Crippen LogP contribution < -0.4 is 11.1 Å². The summed E-state index contributed by atoms with van der Waals surface area (Å²) in [4.78, 5) is 12.1. The molecule has 0 aromatic heterocycles. The molecule has 0 spiro atoms. The van der Waals surface area contributed by atoms with Gasteiger partial charge in [0.2, 0.25) is 5.91 Å². The zero-order chi connectivity index (χ0) is 15.3. The number of rotatable bonds is 6. The molecule has 3 unspecified atom stereocenters. The van der Waals surface area contributed by atoms with Gasteiger partial charge in [0.05, 0.1) is 0 Å². The summed E-state index contributed by atoms with van der Waals surface area (Å²) in [5.41, 5.74) is 6.77. The van der Waals surface area contributed by atoms with Crippen molar-refractivity contribution in [1.29, 1.82) is 0 Å². The molecule has 0 aliphatic rings. The van der Waals surface area contributed by atoms with Crippen molar-refractivity contribution < 1.29 is 9.18 Å². The number of benzene rings is 1. The van der Waals surface area contributed by atoms with Crippen LogP contribution in [0.2, 0.25) is 0 Å². The van der Waals surface area contributed by atoms with Crippen molar-refractivity contribution in [3.8, 4) is 0 Å². The SMILES string of the molecule is CC(C)C(Cc1ccc(F)cc1)NC(=O)C(C)C(C)N.Cl. The average Bonchev–Trinajstić information content (AvgIpc) is 2.39. The van der Waals surface area contributed by atoms with Crippen LogP contribution in [0.15, 0.2) is 24.3 Å². The van der Waals surface area contributed by atoms with Crippen molar-refractivity contribution >= 4 is 18.3 Å². The first-order valence-electron chi connectivity index (χ1n) is 7.11. The first-order valence-corrected chi connectivity index (χ1v) is 7.11. The van der Waals surface area contributed by atoms with Gasteiger partial charge in [-0.05, 0) is 37.0 Å². The highest BCUT2D eigenvalue weighted by Gasteiger charge is 2.22. The van der Waals surface area contributed by atoms with E-state index in [0.29, 0.717) is 12.3 Å². The van der Waals surface area contributed by atoms with Crippen molar-refractivity contribution in [2.75, 3.05) is 0 Å². The number of nitrogens with two attached hydrogens (primary N) is 1. The molecule has 3 N–H and O–H groups in total. The molecule has 0 fully saturated rings. The van der Waals surface area contributed by atoms with Crippen LogP contribution in [0.4, 0.5) is 4.39 Å². The number of carbonyl (C=O) groups is 1. The van der Waals surface area contributed by atoms with E-state index in [1.165, 1.54) is 12.1 Å². The van der Waals surface area contributed by atoms with E-state index < -0.39 is 0 Å². The third-order valence-electron chi connectivity index (χ3n) is 3.70. The number of carbonyl (C=O) groups excluding carboxylic acids is 1. The van der Waals surface area contributed by atoms with Crippen LogP contribution in [-0.2, 0) is 11.2 Å². The standard InChI is InChI=1S/C16H25FN2O.ClH/c1-10(2)15(19-16(20)11(3)12(4)18)9-13-5-7-14(17)8-6-13;/h5-8,10-12,15H,9,18H2,1-4H3,(H,19,20);1H. The van der Waals surface area contributed by atoms with Gasteiger partial charge in [0.15, 0.2) is 0 Å². The average molecular weight is 317 g/mol. The largest absolute Gasteiger partial charge is 0.352 e. The van der Waals surface area contributed by atoms with E-state index in [2.05, 4.69) is 19.2 Å². The number of nitrogens with one attached hydrogen (secondary N) is 1. The highest BCUT2D eigenvalue weighted by atomic mass is 35.5. The van der Waals surface area contributed by atoms with Crippen molar-refractivity contribution in [2.45, 2.75) is 46.2 Å². The number of amides is 1. The molecule has 0 heterocycles. The van der Waals surface area contributed by atoms with Crippen LogP contribution in [0, 0.1) is 17.7 Å². The fourth-order valence-electron chi connectivity index (χ4n) is 1.88. The minimum absolute atomic E-state index is 0. The molecule has 3 atom stereocenters. The molecular formula is C16H26ClFN2O. The summed E-state index contributed by atoms with van der Waals surface area (Å²) in [6.45, 7) is 7.78. The Balaban J connectivity index is 0.00000400. The van der Waals surface area contributed by atoms with Gasteiger partial charge in [-0.2, -0.15) is 0 Å². The lowest BCUT2D eigenvalue weighted by molar-refractivity contribution is -0.126. The number of halogens is 2. The van der Waals surface area contributed by atoms with E-state index in [0.717, 1.165) is 5.56 Å². The van der Waals surface area contributed by atoms with E-state index in [1.54, 1.807) is 12.1 Å². The molecule has 1 aromatic carbocycles. The molecule has 1 amide bonds. The Morgan fingerprint density at radius 3 is 2.14 bits per heavy atom. The smallest absolute Gasteiger partial charge is 0.224 e. The maximum atomic E-state index is 12.9. The van der Waals surface area contributed by atoms with Gasteiger partial charge in [-0.3, -0.25) is 4.79 Å². The summed E-state index contributed by atoms with van der Waals surface area (Å²) in [6, 6.07) is 6.25. The van der Waals surface area contributed by atoms with Crippen LogP contribution in [0.5, 0.6) is 0 Å². The molecule has 0 saturated heterocycles. The predicted molar refractivity (Wildman–Crippen MR) is 86.9 cm³/mol. The Bertz CT molecular complexity index is 434. The van der Waals surface area contributed by atoms with Crippen LogP contribution in [0.25, 0.3) is 0 Å². The highest BCUT2D eigenvalue weighted by molar-refractivity contribution is 5.85. The second kappa shape index (κ2) is 9.00. The minimum Gasteiger partial charge on any atom is -0.352 e. The normalized spacial score (nSPS) is 15.0. The Labute approximate surface area is 132 Å². The molecule has 0 radical (unpaired) electrons. The van der Waals surface area contributed by atoms with E-state index in [9.17, 15) is 9.18 Å². The van der Waals surface area contributed by atoms with Gasteiger partial charge in [-0.25, -0.2) is 4.39 Å². The molecule has 1 aromatic rings. The van der Waals surface area contributed by atoms with E-state index >= 15 is 0 Å². The molecule has 21 heavy (non-hydrogen) atoms. The van der Waals surface area contributed by atoms with Crippen LogP contribution in [0.1, 0.15) is 33.3 Å². The molecule has 120 valence electrons. The van der Waals surface area contributed by atoms with Crippen LogP contribution >= 0.6 is 12.4 Å². The highest BCUT2D eigenvalue weighted by Crippen LogP contribution is 2.12. The summed E-state index contributed by atoms with van der Waals surface area (Å²) in [5.74, 6) is -0.195. The third-order valence-corrected chi connectivity index (χ3v) is 3.70. The quantitative estimate of drug-likeness (QED) is 0.848. The topological polar surface area (TPSA) is 55.1 Å². The van der Waals surface area contributed by atoms with Crippen molar-refractivity contribution in [2.24, 2.45) is 17.6 Å². The third kappa shape index (κ3) is 6.44. The van der Waals surface area contributed by atoms with Gasteiger partial charge in [-0.1, -0.05) is 32.9 Å². The van der Waals surface area contributed by atoms with Crippen LogP contribution in [-0.4, -0.2) is 18.0 Å². The summed E-state index contributed by atoms with van der Waals surface area (Å²) in [7, 11) is 0. The van der Waals surface area contributed by atoms with Crippen molar-refractivity contribution in [3.63, 3.8) is 0 Å². The van der Waals surface area contributed by atoms with Crippen LogP contribution in [0.3, 0.4) is 0 Å². The second-order valence-corrected chi connectivity index (χ2v) is 5.84. The molecule has 3 nitrogen and oxygen atoms in total. The van der Waals surface area contributed by atoms with Crippen molar-refractivity contribution in [3.05, 3.63) is 35.6 Å². The molecule has 5 heteroatoms. The lowest BCUT2D eigenvalue weighted by atomic mass is 9.95. The van der Waals surface area contributed by atoms with E-state index in [-0.39, 0.29) is 42.1 Å². The first kappa shape index (κ1) is 19.9. The summed E-state index contributed by atoms with van der Waals surface area (Å²) in [5, 5.41) is 3.05. The van der Waals surface area contributed by atoms with Gasteiger partial charge >= 0.3 is 0 Å². The minimum atomic E-state index is -0.246. The maximum Gasteiger partial charge on any atom is 0.224 e. The number of hydrogen-bond donors (Lipinski definition) is 2. The fraction of sp³-hybridized carbons (Fsp3) is 0.562. The molecule has 0 aliphatic carbocycles. The summed E-state index contributed by atoms with van der Waals surface area (Å²) < 4.78 is 12.9. The fourth-order valence-corrected chi connectivity index (χ4v) is 1.88. The monoisotopic (exact) mass is 316 g/mol. The molecule has 0 saturated carbocycles. The lowest BCUT2D eigenvalue weighted by Crippen LogP contribution is -2.46. The van der Waals surface area contributed by atoms with Gasteiger partial charge < -0.3 is 11.1 Å². The first-order chi connectivity index (χ1) is 9.31. The zero-order valence-corrected chi connectivity index (χ0v) is 13.9. The Morgan fingerprint density at radius 1 is 1.19 bits per heavy atom. The predicted octanol–water partition coefficient (Wildman–Crippen LogP) is 2.91. The van der Waals surface area contributed by atoms with E-state index in [1.807, 2.05) is 13.8 Å².